The van der Waals surface area contributed by atoms with Gasteiger partial charge in [0.15, 0.2) is 11.4 Å². The molecule has 0 aromatic heterocycles. The van der Waals surface area contributed by atoms with E-state index in [9.17, 15) is 0 Å². The Balaban J connectivity index is 2.43. The molecule has 0 atom stereocenters. The van der Waals surface area contributed by atoms with Crippen LogP contribution in [0.5, 0.6) is 0 Å². The van der Waals surface area contributed by atoms with Crippen LogP contribution in [0.2, 0.25) is 0 Å². The molecule has 86 valence electrons. The van der Waals surface area contributed by atoms with E-state index in [2.05, 4.69) is 5.22 Å². The SMILES string of the molecule is N[N+](N)=NN(c1ccccc1)c1ccccc1. The highest BCUT2D eigenvalue weighted by Gasteiger charge is 2.16. The zero-order valence-electron chi connectivity index (χ0n) is 9.27. The molecule has 0 aliphatic rings. The Morgan fingerprint density at radius 1 is 0.765 bits per heavy atom. The van der Waals surface area contributed by atoms with Crippen molar-refractivity contribution in [3.8, 4) is 0 Å². The average molecular weight is 228 g/mol. The van der Waals surface area contributed by atoms with Gasteiger partial charge >= 0.3 is 0 Å². The molecule has 2 aromatic rings. The van der Waals surface area contributed by atoms with E-state index in [-0.39, 0.29) is 0 Å². The van der Waals surface area contributed by atoms with E-state index >= 15 is 0 Å². The summed E-state index contributed by atoms with van der Waals surface area (Å²) >= 11 is 0. The Morgan fingerprint density at radius 3 is 1.53 bits per heavy atom. The van der Waals surface area contributed by atoms with Crippen LogP contribution in [-0.4, -0.2) is 4.92 Å². The fourth-order valence-electron chi connectivity index (χ4n) is 1.49. The minimum atomic E-state index is 0.792. The molecule has 5 heteroatoms. The summed E-state index contributed by atoms with van der Waals surface area (Å²) in [7, 11) is 0. The summed E-state index contributed by atoms with van der Waals surface area (Å²) < 4.78 is 0. The average Bonchev–Trinajstić information content (AvgIpc) is 2.38. The lowest BCUT2D eigenvalue weighted by Crippen LogP contribution is -2.29. The molecule has 0 saturated heterocycles. The molecule has 0 radical (unpaired) electrons. The van der Waals surface area contributed by atoms with Crippen molar-refractivity contribution >= 4 is 11.4 Å². The molecule has 5 nitrogen and oxygen atoms in total. The summed E-state index contributed by atoms with van der Waals surface area (Å²) in [5.41, 5.74) is 1.78. The largest absolute Gasteiger partial charge is 0.230 e. The second kappa shape index (κ2) is 4.98. The lowest BCUT2D eigenvalue weighted by Gasteiger charge is -2.09. The number of para-hydroxylation sites is 2. The molecular formula is C12H14N5+. The number of nitrogens with two attached hydrogens (primary N) is 2. The summed E-state index contributed by atoms with van der Waals surface area (Å²) in [5.74, 6) is 10.7. The molecule has 0 unspecified atom stereocenters. The number of benzene rings is 2. The van der Waals surface area contributed by atoms with E-state index in [1.807, 2.05) is 60.7 Å². The van der Waals surface area contributed by atoms with Crippen LogP contribution in [-0.2, 0) is 0 Å². The van der Waals surface area contributed by atoms with Gasteiger partial charge in [-0.15, -0.1) is 0 Å². The molecule has 0 aliphatic heterocycles. The summed E-state index contributed by atoms with van der Waals surface area (Å²) in [6.45, 7) is 0. The third-order valence-corrected chi connectivity index (χ3v) is 2.19. The first-order valence-corrected chi connectivity index (χ1v) is 5.18. The van der Waals surface area contributed by atoms with Gasteiger partial charge in [0, 0.05) is 4.92 Å². The van der Waals surface area contributed by atoms with Gasteiger partial charge in [0.2, 0.25) is 0 Å². The highest BCUT2D eigenvalue weighted by atomic mass is 15.7. The van der Waals surface area contributed by atoms with Crippen LogP contribution in [0.4, 0.5) is 11.4 Å². The number of hydrogen-bond donors (Lipinski definition) is 2. The number of nitrogens with zero attached hydrogens (tertiary/aromatic N) is 3. The van der Waals surface area contributed by atoms with Crippen molar-refractivity contribution in [3.63, 3.8) is 0 Å². The lowest BCUT2D eigenvalue weighted by atomic mass is 10.2. The van der Waals surface area contributed by atoms with E-state index in [1.165, 1.54) is 0 Å². The van der Waals surface area contributed by atoms with Crippen molar-refractivity contribution in [2.24, 2.45) is 16.9 Å². The van der Waals surface area contributed by atoms with E-state index in [1.54, 1.807) is 5.01 Å². The van der Waals surface area contributed by atoms with Crippen LogP contribution >= 0.6 is 0 Å². The van der Waals surface area contributed by atoms with Gasteiger partial charge in [-0.3, -0.25) is 0 Å². The van der Waals surface area contributed by atoms with Crippen LogP contribution in [0.15, 0.2) is 65.9 Å². The third kappa shape index (κ3) is 2.72. The summed E-state index contributed by atoms with van der Waals surface area (Å²) in [6, 6.07) is 19.3. The fraction of sp³-hybridized carbons (Fsp3) is 0. The van der Waals surface area contributed by atoms with Crippen LogP contribution in [0.1, 0.15) is 0 Å². The standard InChI is InChI=1S/C12H14N5/c13-17(14)15-16(11-7-3-1-4-8-11)12-9-5-2-6-10-12/h1-10H,(H4,13,14,15)/q+1. The van der Waals surface area contributed by atoms with Crippen molar-refractivity contribution in [2.75, 3.05) is 5.01 Å². The van der Waals surface area contributed by atoms with Gasteiger partial charge in [0.05, 0.1) is 0 Å². The maximum absolute atomic E-state index is 5.37. The first-order valence-electron chi connectivity index (χ1n) is 5.18. The fourth-order valence-corrected chi connectivity index (χ4v) is 1.49. The zero-order chi connectivity index (χ0) is 12.1. The van der Waals surface area contributed by atoms with Gasteiger partial charge in [0.1, 0.15) is 5.22 Å². The van der Waals surface area contributed by atoms with E-state index in [0.717, 1.165) is 16.3 Å². The topological polar surface area (TPSA) is 70.6 Å². The Bertz CT molecular complexity index is 451. The van der Waals surface area contributed by atoms with E-state index in [4.69, 9.17) is 11.7 Å². The Labute approximate surface area is 99.5 Å². The highest BCUT2D eigenvalue weighted by molar-refractivity contribution is 5.61. The number of rotatable bonds is 3. The molecule has 0 spiro atoms. The maximum Gasteiger partial charge on any atom is 0.156 e. The van der Waals surface area contributed by atoms with Crippen molar-refractivity contribution in [3.05, 3.63) is 60.7 Å². The number of hydrogen-bond acceptors (Lipinski definition) is 1. The molecule has 4 N–H and O–H groups in total. The summed E-state index contributed by atoms with van der Waals surface area (Å²) in [6.07, 6.45) is 0. The van der Waals surface area contributed by atoms with Gasteiger partial charge in [-0.1, -0.05) is 41.4 Å². The maximum atomic E-state index is 5.37. The van der Waals surface area contributed by atoms with Crippen molar-refractivity contribution in [2.45, 2.75) is 0 Å². The molecular weight excluding hydrogens is 214 g/mol. The Morgan fingerprint density at radius 2 is 1.18 bits per heavy atom. The predicted molar refractivity (Wildman–Crippen MR) is 66.1 cm³/mol. The van der Waals surface area contributed by atoms with Gasteiger partial charge in [0.25, 0.3) is 0 Å². The molecule has 17 heavy (non-hydrogen) atoms. The molecule has 0 heterocycles. The van der Waals surface area contributed by atoms with Crippen molar-refractivity contribution in [1.29, 1.82) is 0 Å². The smallest absolute Gasteiger partial charge is 0.156 e. The molecule has 0 fully saturated rings. The Hall–Kier alpha value is -2.56. The molecule has 2 rings (SSSR count). The van der Waals surface area contributed by atoms with Crippen LogP contribution in [0.25, 0.3) is 0 Å². The monoisotopic (exact) mass is 228 g/mol. The molecule has 0 bridgehead atoms. The second-order valence-electron chi connectivity index (χ2n) is 3.45. The van der Waals surface area contributed by atoms with Gasteiger partial charge in [-0.05, 0) is 24.3 Å². The Kier molecular flexibility index (Phi) is 3.20. The summed E-state index contributed by atoms with van der Waals surface area (Å²) in [5, 5.41) is 5.71. The first kappa shape index (κ1) is 10.9. The van der Waals surface area contributed by atoms with Gasteiger partial charge < -0.3 is 0 Å². The summed E-state index contributed by atoms with van der Waals surface area (Å²) in [4.78, 5) is 0.792. The quantitative estimate of drug-likeness (QED) is 0.365. The van der Waals surface area contributed by atoms with Gasteiger partial charge in [-0.25, -0.2) is 11.7 Å². The number of anilines is 2. The van der Waals surface area contributed by atoms with Crippen LogP contribution in [0.3, 0.4) is 0 Å². The molecule has 2 aromatic carbocycles. The third-order valence-electron chi connectivity index (χ3n) is 2.19. The molecule has 0 saturated carbocycles. The van der Waals surface area contributed by atoms with E-state index in [0.29, 0.717) is 0 Å². The highest BCUT2D eigenvalue weighted by Crippen LogP contribution is 2.24. The van der Waals surface area contributed by atoms with Gasteiger partial charge in [-0.2, -0.15) is 0 Å². The van der Waals surface area contributed by atoms with Crippen LogP contribution < -0.4 is 16.7 Å². The normalized spacial score (nSPS) is 9.65. The van der Waals surface area contributed by atoms with Crippen molar-refractivity contribution < 1.29 is 4.92 Å². The zero-order valence-corrected chi connectivity index (χ0v) is 9.27. The van der Waals surface area contributed by atoms with Crippen molar-refractivity contribution in [1.82, 2.24) is 0 Å². The molecule has 0 aliphatic carbocycles. The second-order valence-corrected chi connectivity index (χ2v) is 3.45. The minimum Gasteiger partial charge on any atom is -0.230 e. The molecule has 0 amide bonds. The van der Waals surface area contributed by atoms with E-state index < -0.39 is 0 Å². The number of hydrazine groups is 2. The minimum absolute atomic E-state index is 0.792. The van der Waals surface area contributed by atoms with Crippen LogP contribution in [0, 0.1) is 0 Å². The predicted octanol–water partition coefficient (Wildman–Crippen LogP) is 1.95. The lowest BCUT2D eigenvalue weighted by molar-refractivity contribution is -0.618. The first-order chi connectivity index (χ1) is 8.27.